The molecule has 0 bridgehead atoms. The molecule has 1 aromatic carbocycles. The molecule has 4 heterocycles. The highest BCUT2D eigenvalue weighted by molar-refractivity contribution is 6.08. The van der Waals surface area contributed by atoms with Gasteiger partial charge in [0.2, 0.25) is 0 Å². The first-order valence-corrected chi connectivity index (χ1v) is 11.5. The van der Waals surface area contributed by atoms with E-state index in [2.05, 4.69) is 15.3 Å². The Labute approximate surface area is 202 Å². The van der Waals surface area contributed by atoms with Gasteiger partial charge in [-0.2, -0.15) is 5.10 Å². The minimum absolute atomic E-state index is 0.241. The van der Waals surface area contributed by atoms with Gasteiger partial charge in [0.1, 0.15) is 11.3 Å². The van der Waals surface area contributed by atoms with Crippen LogP contribution in [0.3, 0.4) is 0 Å². The number of amides is 1. The van der Waals surface area contributed by atoms with Gasteiger partial charge in [0, 0.05) is 17.3 Å². The van der Waals surface area contributed by atoms with E-state index in [9.17, 15) is 4.79 Å². The number of aromatic nitrogens is 5. The summed E-state index contributed by atoms with van der Waals surface area (Å²) in [6, 6.07) is 15.6. The predicted octanol–water partition coefficient (Wildman–Crippen LogP) is 5.00. The number of nitrogens with one attached hydrogen (secondary N) is 1. The number of ether oxygens (including phenoxy) is 1. The smallest absolute Gasteiger partial charge is 0.274 e. The molecule has 5 rings (SSSR count). The second-order valence-electron chi connectivity index (χ2n) is 8.26. The number of benzene rings is 1. The van der Waals surface area contributed by atoms with Crippen molar-refractivity contribution in [1.29, 1.82) is 0 Å². The van der Waals surface area contributed by atoms with Gasteiger partial charge >= 0.3 is 0 Å². The van der Waals surface area contributed by atoms with E-state index in [4.69, 9.17) is 9.84 Å². The molecule has 0 saturated carbocycles. The Kier molecular flexibility index (Phi) is 6.01. The molecule has 0 saturated heterocycles. The third-order valence-electron chi connectivity index (χ3n) is 5.75. The Balaban J connectivity index is 1.43. The Morgan fingerprint density at radius 1 is 1.14 bits per heavy atom. The van der Waals surface area contributed by atoms with Crippen LogP contribution in [0.2, 0.25) is 0 Å². The molecule has 0 aliphatic carbocycles. The molecular weight excluding hydrogens is 440 g/mol. The number of rotatable bonds is 7. The van der Waals surface area contributed by atoms with Crippen LogP contribution in [0.15, 0.2) is 67.2 Å². The Morgan fingerprint density at radius 2 is 2.00 bits per heavy atom. The number of hydrogen-bond acceptors (Lipinski definition) is 5. The van der Waals surface area contributed by atoms with E-state index in [0.717, 1.165) is 33.5 Å². The first kappa shape index (κ1) is 22.3. The van der Waals surface area contributed by atoms with Crippen LogP contribution in [-0.4, -0.2) is 36.7 Å². The molecule has 1 N–H and O–H groups in total. The van der Waals surface area contributed by atoms with Crippen LogP contribution < -0.4 is 5.32 Å². The molecule has 0 aliphatic rings. The fourth-order valence-electron chi connectivity index (χ4n) is 4.16. The molecule has 4 aromatic heterocycles. The molecular formula is C27H26N6O2. The Hall–Kier alpha value is -4.46. The van der Waals surface area contributed by atoms with Gasteiger partial charge in [-0.1, -0.05) is 12.1 Å². The summed E-state index contributed by atoms with van der Waals surface area (Å²) >= 11 is 0. The molecule has 0 aliphatic heterocycles. The third kappa shape index (κ3) is 4.50. The number of pyridine rings is 2. The zero-order valence-corrected chi connectivity index (χ0v) is 19.9. The van der Waals surface area contributed by atoms with Gasteiger partial charge < -0.3 is 10.1 Å². The zero-order chi connectivity index (χ0) is 24.4. The first-order valence-electron chi connectivity index (χ1n) is 11.5. The zero-order valence-electron chi connectivity index (χ0n) is 19.9. The molecule has 0 unspecified atom stereocenters. The maximum Gasteiger partial charge on any atom is 0.274 e. The van der Waals surface area contributed by atoms with Crippen molar-refractivity contribution >= 4 is 34.2 Å². The fourth-order valence-corrected chi connectivity index (χ4v) is 4.16. The highest BCUT2D eigenvalue weighted by Crippen LogP contribution is 2.28. The van der Waals surface area contributed by atoms with Gasteiger partial charge in [-0.3, -0.25) is 18.9 Å². The van der Waals surface area contributed by atoms with Crippen molar-refractivity contribution in [3.63, 3.8) is 0 Å². The van der Waals surface area contributed by atoms with Gasteiger partial charge in [-0.15, -0.1) is 0 Å². The summed E-state index contributed by atoms with van der Waals surface area (Å²) in [5.74, 6) is -0.241. The van der Waals surface area contributed by atoms with E-state index in [-0.39, 0.29) is 5.91 Å². The van der Waals surface area contributed by atoms with Crippen LogP contribution in [0, 0.1) is 13.8 Å². The maximum absolute atomic E-state index is 13.2. The summed E-state index contributed by atoms with van der Waals surface area (Å²) in [6.07, 6.45) is 6.94. The minimum Gasteiger partial charge on any atom is -0.501 e. The molecule has 0 atom stereocenters. The molecule has 0 spiro atoms. The number of carbonyl (C=O) groups excluding carboxylic acids is 1. The highest BCUT2D eigenvalue weighted by atomic mass is 16.5. The second-order valence-corrected chi connectivity index (χ2v) is 8.26. The summed E-state index contributed by atoms with van der Waals surface area (Å²) < 4.78 is 8.96. The van der Waals surface area contributed by atoms with E-state index in [0.29, 0.717) is 30.2 Å². The van der Waals surface area contributed by atoms with Crippen molar-refractivity contribution < 1.29 is 9.53 Å². The lowest BCUT2D eigenvalue weighted by Gasteiger charge is -2.08. The summed E-state index contributed by atoms with van der Waals surface area (Å²) in [5, 5.41) is 8.70. The predicted molar refractivity (Wildman–Crippen MR) is 136 cm³/mol. The molecule has 35 heavy (non-hydrogen) atoms. The molecule has 5 aromatic rings. The topological polar surface area (TPSA) is 86.3 Å². The van der Waals surface area contributed by atoms with E-state index >= 15 is 0 Å². The van der Waals surface area contributed by atoms with E-state index < -0.39 is 0 Å². The van der Waals surface area contributed by atoms with E-state index in [1.807, 2.05) is 86.3 Å². The van der Waals surface area contributed by atoms with Crippen LogP contribution >= 0.6 is 0 Å². The van der Waals surface area contributed by atoms with E-state index in [1.165, 1.54) is 0 Å². The SMILES string of the molecule is CCOC=Cc1ccn2c(C(=O)Nc3cccc4c3c(C)nn4Cc3cccc(C)n3)cnc2c1. The van der Waals surface area contributed by atoms with Crippen LogP contribution in [0.25, 0.3) is 22.6 Å². The number of carbonyl (C=O) groups is 1. The monoisotopic (exact) mass is 466 g/mol. The Morgan fingerprint density at radius 3 is 2.83 bits per heavy atom. The average Bonchev–Trinajstić information content (AvgIpc) is 3.40. The second kappa shape index (κ2) is 9.42. The van der Waals surface area contributed by atoms with Crippen molar-refractivity contribution in [1.82, 2.24) is 24.1 Å². The van der Waals surface area contributed by atoms with Gasteiger partial charge in [0.15, 0.2) is 0 Å². The quantitative estimate of drug-likeness (QED) is 0.341. The van der Waals surface area contributed by atoms with Crippen molar-refractivity contribution in [2.45, 2.75) is 27.3 Å². The lowest BCUT2D eigenvalue weighted by atomic mass is 10.1. The van der Waals surface area contributed by atoms with Crippen LogP contribution in [0.4, 0.5) is 5.69 Å². The standard InChI is InChI=1S/C27H26N6O2/c1-4-35-14-12-20-11-13-32-24(16-28-25(32)15-20)27(34)30-22-9-6-10-23-26(22)19(3)31-33(23)17-21-8-5-7-18(2)29-21/h5-16H,4,17H2,1-3H3,(H,30,34). The normalized spacial score (nSPS) is 11.5. The lowest BCUT2D eigenvalue weighted by molar-refractivity contribution is 0.102. The first-order chi connectivity index (χ1) is 17.0. The number of hydrogen-bond donors (Lipinski definition) is 1. The fraction of sp³-hybridized carbons (Fsp3) is 0.185. The van der Waals surface area contributed by atoms with Gasteiger partial charge in [0.25, 0.3) is 5.91 Å². The van der Waals surface area contributed by atoms with Crippen molar-refractivity contribution in [2.75, 3.05) is 11.9 Å². The summed E-state index contributed by atoms with van der Waals surface area (Å²) in [7, 11) is 0. The van der Waals surface area contributed by atoms with Gasteiger partial charge in [-0.05, 0) is 68.8 Å². The maximum atomic E-state index is 13.2. The average molecular weight is 467 g/mol. The number of aryl methyl sites for hydroxylation is 2. The van der Waals surface area contributed by atoms with E-state index in [1.54, 1.807) is 16.9 Å². The van der Waals surface area contributed by atoms with Crippen LogP contribution in [0.1, 0.15) is 40.1 Å². The number of fused-ring (bicyclic) bond motifs is 2. The molecule has 0 fully saturated rings. The molecule has 8 nitrogen and oxygen atoms in total. The van der Waals surface area contributed by atoms with Crippen molar-refractivity contribution in [3.05, 3.63) is 95.5 Å². The Bertz CT molecular complexity index is 1560. The van der Waals surface area contributed by atoms with Crippen LogP contribution in [-0.2, 0) is 11.3 Å². The number of nitrogens with zero attached hydrogens (tertiary/aromatic N) is 5. The largest absolute Gasteiger partial charge is 0.501 e. The van der Waals surface area contributed by atoms with Gasteiger partial charge in [0.05, 0.1) is 48.2 Å². The number of anilines is 1. The van der Waals surface area contributed by atoms with Gasteiger partial charge in [-0.25, -0.2) is 4.98 Å². The summed E-state index contributed by atoms with van der Waals surface area (Å²) in [4.78, 5) is 22.2. The third-order valence-corrected chi connectivity index (χ3v) is 5.75. The highest BCUT2D eigenvalue weighted by Gasteiger charge is 2.17. The van der Waals surface area contributed by atoms with Crippen molar-refractivity contribution in [3.8, 4) is 0 Å². The lowest BCUT2D eigenvalue weighted by Crippen LogP contribution is -2.14. The molecule has 1 amide bonds. The van der Waals surface area contributed by atoms with Crippen molar-refractivity contribution in [2.24, 2.45) is 0 Å². The summed E-state index contributed by atoms with van der Waals surface area (Å²) in [6.45, 7) is 7.02. The molecule has 0 radical (unpaired) electrons. The summed E-state index contributed by atoms with van der Waals surface area (Å²) in [5.41, 5.74) is 6.46. The number of imidazole rings is 1. The molecule has 8 heteroatoms. The van der Waals surface area contributed by atoms with Crippen LogP contribution in [0.5, 0.6) is 0 Å². The minimum atomic E-state index is -0.241. The molecule has 176 valence electrons.